The summed E-state index contributed by atoms with van der Waals surface area (Å²) in [4.78, 5) is 0. The van der Waals surface area contributed by atoms with Gasteiger partial charge in [0.05, 0.1) is 0 Å². The molecule has 0 N–H and O–H groups in total. The number of allylic oxidation sites excluding steroid dienone is 2. The quantitative estimate of drug-likeness (QED) is 0.427. The van der Waals surface area contributed by atoms with Crippen LogP contribution in [0.3, 0.4) is 0 Å². The standard InChI is InChI=1S/C27H46/c1-19(2)9-8-10-20(3)23-14-15-24-22-13-12-21-11-6-7-17-26(21,4)25(22)16-18-27(23,24)5/h6-7,19-25H,8-18H2,1-5H3/t20?,21-,22+,23-,24+,25+,26+,27-/m1/s1. The molecule has 0 aromatic rings. The SMILES string of the molecule is CC(C)CCCC(C)[C@H]1CC[C@H]2[C@@H]3CC[C@H]4CC=CC[C@]4(C)[C@H]3CC[C@]12C. The number of hydrogen-bond donors (Lipinski definition) is 0. The van der Waals surface area contributed by atoms with Gasteiger partial charge in [-0.1, -0.05) is 66.0 Å². The fraction of sp³-hybridized carbons (Fsp3) is 0.926. The van der Waals surface area contributed by atoms with E-state index in [9.17, 15) is 0 Å². The van der Waals surface area contributed by atoms with Crippen LogP contribution in [0.4, 0.5) is 0 Å². The normalized spacial score (nSPS) is 47.4. The molecule has 8 atom stereocenters. The molecule has 4 aliphatic carbocycles. The van der Waals surface area contributed by atoms with Crippen molar-refractivity contribution < 1.29 is 0 Å². The van der Waals surface area contributed by atoms with Crippen LogP contribution < -0.4 is 0 Å². The number of hydrogen-bond acceptors (Lipinski definition) is 0. The molecule has 0 aliphatic heterocycles. The van der Waals surface area contributed by atoms with Gasteiger partial charge in [0.2, 0.25) is 0 Å². The van der Waals surface area contributed by atoms with Crippen LogP contribution in [0, 0.1) is 52.3 Å². The lowest BCUT2D eigenvalue weighted by Crippen LogP contribution is -2.52. The van der Waals surface area contributed by atoms with Crippen LogP contribution in [-0.4, -0.2) is 0 Å². The summed E-state index contributed by atoms with van der Waals surface area (Å²) >= 11 is 0. The van der Waals surface area contributed by atoms with Gasteiger partial charge in [0.1, 0.15) is 0 Å². The zero-order valence-electron chi connectivity index (χ0n) is 19.0. The lowest BCUT2D eigenvalue weighted by atomic mass is 9.45. The first kappa shape index (κ1) is 20.0. The van der Waals surface area contributed by atoms with Crippen LogP contribution in [0.25, 0.3) is 0 Å². The van der Waals surface area contributed by atoms with E-state index >= 15 is 0 Å². The largest absolute Gasteiger partial charge is 0.0882 e. The van der Waals surface area contributed by atoms with E-state index in [0.717, 1.165) is 41.4 Å². The number of fused-ring (bicyclic) bond motifs is 5. The second-order valence-corrected chi connectivity index (χ2v) is 12.1. The molecule has 0 heteroatoms. The van der Waals surface area contributed by atoms with Gasteiger partial charge in [-0.05, 0) is 104 Å². The van der Waals surface area contributed by atoms with Gasteiger partial charge in [-0.3, -0.25) is 0 Å². The summed E-state index contributed by atoms with van der Waals surface area (Å²) in [5.74, 6) is 6.92. The van der Waals surface area contributed by atoms with E-state index in [1.165, 1.54) is 57.8 Å². The maximum absolute atomic E-state index is 2.74. The predicted octanol–water partition coefficient (Wildman–Crippen LogP) is 8.27. The fourth-order valence-corrected chi connectivity index (χ4v) is 8.86. The predicted molar refractivity (Wildman–Crippen MR) is 118 cm³/mol. The Morgan fingerprint density at radius 3 is 2.41 bits per heavy atom. The topological polar surface area (TPSA) is 0 Å². The van der Waals surface area contributed by atoms with Gasteiger partial charge in [0.25, 0.3) is 0 Å². The van der Waals surface area contributed by atoms with Crippen LogP contribution in [0.2, 0.25) is 0 Å². The Kier molecular flexibility index (Phi) is 5.59. The molecule has 0 bridgehead atoms. The molecule has 3 saturated carbocycles. The van der Waals surface area contributed by atoms with Crippen molar-refractivity contribution in [1.82, 2.24) is 0 Å². The highest BCUT2D eigenvalue weighted by atomic mass is 14.6. The Bertz CT molecular complexity index is 544. The first-order valence-corrected chi connectivity index (χ1v) is 12.5. The smallest absolute Gasteiger partial charge is 0.0229 e. The molecule has 4 aliphatic rings. The van der Waals surface area contributed by atoms with E-state index in [1.807, 2.05) is 0 Å². The summed E-state index contributed by atoms with van der Waals surface area (Å²) in [6.45, 7) is 12.8. The first-order valence-electron chi connectivity index (χ1n) is 12.5. The fourth-order valence-electron chi connectivity index (χ4n) is 8.86. The Morgan fingerprint density at radius 2 is 1.63 bits per heavy atom. The van der Waals surface area contributed by atoms with Gasteiger partial charge in [-0.25, -0.2) is 0 Å². The minimum atomic E-state index is 0.625. The molecule has 0 saturated heterocycles. The molecule has 0 aromatic heterocycles. The Balaban J connectivity index is 1.47. The Labute approximate surface area is 170 Å². The second-order valence-electron chi connectivity index (χ2n) is 12.1. The van der Waals surface area contributed by atoms with Gasteiger partial charge in [-0.15, -0.1) is 0 Å². The van der Waals surface area contributed by atoms with E-state index in [4.69, 9.17) is 0 Å². The van der Waals surface area contributed by atoms with Crippen molar-refractivity contribution in [3.63, 3.8) is 0 Å². The molecule has 27 heavy (non-hydrogen) atoms. The minimum Gasteiger partial charge on any atom is -0.0882 e. The van der Waals surface area contributed by atoms with Crippen LogP contribution >= 0.6 is 0 Å². The lowest BCUT2D eigenvalue weighted by molar-refractivity contribution is -0.101. The first-order chi connectivity index (χ1) is 12.9. The van der Waals surface area contributed by atoms with Crippen molar-refractivity contribution in [2.75, 3.05) is 0 Å². The van der Waals surface area contributed by atoms with Crippen molar-refractivity contribution in [2.24, 2.45) is 52.3 Å². The maximum Gasteiger partial charge on any atom is -0.0229 e. The van der Waals surface area contributed by atoms with E-state index in [1.54, 1.807) is 12.8 Å². The van der Waals surface area contributed by atoms with Crippen LogP contribution in [0.15, 0.2) is 12.2 Å². The van der Waals surface area contributed by atoms with Crippen molar-refractivity contribution >= 4 is 0 Å². The average molecular weight is 371 g/mol. The molecular formula is C27H46. The highest BCUT2D eigenvalue weighted by molar-refractivity contribution is 5.12. The molecule has 3 fully saturated rings. The third-order valence-electron chi connectivity index (χ3n) is 10.4. The summed E-state index contributed by atoms with van der Waals surface area (Å²) in [5, 5.41) is 0. The van der Waals surface area contributed by atoms with Gasteiger partial charge in [0.15, 0.2) is 0 Å². The Hall–Kier alpha value is -0.260. The lowest BCUT2D eigenvalue weighted by Gasteiger charge is -2.60. The van der Waals surface area contributed by atoms with Crippen molar-refractivity contribution in [3.8, 4) is 0 Å². The summed E-state index contributed by atoms with van der Waals surface area (Å²) < 4.78 is 0. The maximum atomic E-state index is 2.74. The van der Waals surface area contributed by atoms with E-state index in [-0.39, 0.29) is 0 Å². The van der Waals surface area contributed by atoms with Gasteiger partial charge < -0.3 is 0 Å². The molecular weight excluding hydrogens is 324 g/mol. The molecule has 0 nitrogen and oxygen atoms in total. The van der Waals surface area contributed by atoms with Gasteiger partial charge in [-0.2, -0.15) is 0 Å². The van der Waals surface area contributed by atoms with Crippen LogP contribution in [0.5, 0.6) is 0 Å². The summed E-state index contributed by atoms with van der Waals surface area (Å²) in [6, 6.07) is 0. The molecule has 1 unspecified atom stereocenters. The zero-order valence-corrected chi connectivity index (χ0v) is 19.0. The summed E-state index contributed by atoms with van der Waals surface area (Å²) in [6.07, 6.45) is 21.3. The van der Waals surface area contributed by atoms with Gasteiger partial charge in [0, 0.05) is 0 Å². The minimum absolute atomic E-state index is 0.625. The molecule has 0 aromatic carbocycles. The van der Waals surface area contributed by atoms with Crippen molar-refractivity contribution in [2.45, 2.75) is 105 Å². The second kappa shape index (κ2) is 7.53. The van der Waals surface area contributed by atoms with Crippen LogP contribution in [0.1, 0.15) is 105 Å². The average Bonchev–Trinajstić information content (AvgIpc) is 2.98. The highest BCUT2D eigenvalue weighted by Crippen LogP contribution is 2.68. The molecule has 0 spiro atoms. The number of rotatable bonds is 5. The summed E-state index contributed by atoms with van der Waals surface area (Å²) in [7, 11) is 0. The molecule has 0 amide bonds. The Morgan fingerprint density at radius 1 is 0.852 bits per heavy atom. The molecule has 4 rings (SSSR count). The van der Waals surface area contributed by atoms with E-state index in [0.29, 0.717) is 10.8 Å². The van der Waals surface area contributed by atoms with Gasteiger partial charge >= 0.3 is 0 Å². The molecule has 154 valence electrons. The third kappa shape index (κ3) is 3.36. The zero-order chi connectivity index (χ0) is 19.2. The third-order valence-corrected chi connectivity index (χ3v) is 10.4. The van der Waals surface area contributed by atoms with E-state index < -0.39 is 0 Å². The highest BCUT2D eigenvalue weighted by Gasteiger charge is 2.59. The van der Waals surface area contributed by atoms with Crippen LogP contribution in [-0.2, 0) is 0 Å². The van der Waals surface area contributed by atoms with E-state index in [2.05, 4.69) is 46.8 Å². The molecule has 0 heterocycles. The summed E-state index contributed by atoms with van der Waals surface area (Å²) in [5.41, 5.74) is 1.28. The molecule has 0 radical (unpaired) electrons. The van der Waals surface area contributed by atoms with Crippen molar-refractivity contribution in [3.05, 3.63) is 12.2 Å². The van der Waals surface area contributed by atoms with Crippen molar-refractivity contribution in [1.29, 1.82) is 0 Å². The monoisotopic (exact) mass is 370 g/mol.